The highest BCUT2D eigenvalue weighted by atomic mass is 79.9. The number of nitrogens with one attached hydrogen (secondary N) is 2. The van der Waals surface area contributed by atoms with Crippen molar-refractivity contribution in [1.29, 1.82) is 5.41 Å². The normalized spacial score (nSPS) is 25.8. The van der Waals surface area contributed by atoms with Crippen LogP contribution in [0.15, 0.2) is 10.1 Å². The Morgan fingerprint density at radius 1 is 1.75 bits per heavy atom. The monoisotopic (exact) mass is 302 g/mol. The van der Waals surface area contributed by atoms with Crippen molar-refractivity contribution in [2.75, 3.05) is 7.05 Å². The van der Waals surface area contributed by atoms with Gasteiger partial charge in [0.2, 0.25) is 5.91 Å². The van der Waals surface area contributed by atoms with E-state index >= 15 is 0 Å². The number of rotatable bonds is 1. The zero-order valence-electron chi connectivity index (χ0n) is 8.87. The molecule has 0 spiro atoms. The van der Waals surface area contributed by atoms with Crippen LogP contribution in [0.2, 0.25) is 0 Å². The minimum Gasteiger partial charge on any atom is -0.345 e. The van der Waals surface area contributed by atoms with Crippen LogP contribution in [0.5, 0.6) is 0 Å². The Labute approximate surface area is 105 Å². The number of amides is 1. The molecule has 0 aliphatic carbocycles. The number of carbonyl (C=O) groups is 1. The average Bonchev–Trinajstić information content (AvgIpc) is 2.62. The Kier molecular flexibility index (Phi) is 2.75. The van der Waals surface area contributed by atoms with Gasteiger partial charge in [-0.15, -0.1) is 11.3 Å². The van der Waals surface area contributed by atoms with Gasteiger partial charge in [-0.25, -0.2) is 4.98 Å². The van der Waals surface area contributed by atoms with Crippen molar-refractivity contribution in [3.63, 3.8) is 0 Å². The lowest BCUT2D eigenvalue weighted by atomic mass is 9.94. The van der Waals surface area contributed by atoms with Gasteiger partial charge >= 0.3 is 0 Å². The smallest absolute Gasteiger partial charge is 0.231 e. The minimum absolute atomic E-state index is 0.0595. The van der Waals surface area contributed by atoms with Crippen LogP contribution in [0.4, 0.5) is 0 Å². The maximum absolute atomic E-state index is 11.7. The summed E-state index contributed by atoms with van der Waals surface area (Å²) in [6.07, 6.45) is 2.06. The van der Waals surface area contributed by atoms with Crippen molar-refractivity contribution in [3.05, 3.63) is 15.0 Å². The highest BCUT2D eigenvalue weighted by Crippen LogP contribution is 2.33. The molecule has 16 heavy (non-hydrogen) atoms. The molecule has 0 saturated carbocycles. The van der Waals surface area contributed by atoms with Gasteiger partial charge in [-0.3, -0.25) is 15.1 Å². The van der Waals surface area contributed by atoms with Crippen LogP contribution in [0, 0.1) is 5.41 Å². The van der Waals surface area contributed by atoms with Gasteiger partial charge in [0.1, 0.15) is 0 Å². The van der Waals surface area contributed by atoms with E-state index in [4.69, 9.17) is 5.41 Å². The molecular formula is C9H11BrN4OS. The number of thiazole rings is 1. The van der Waals surface area contributed by atoms with Crippen LogP contribution in [0.1, 0.15) is 18.2 Å². The predicted molar refractivity (Wildman–Crippen MR) is 65.4 cm³/mol. The fourth-order valence-electron chi connectivity index (χ4n) is 1.59. The molecule has 2 rings (SSSR count). The third-order valence-electron chi connectivity index (χ3n) is 2.63. The summed E-state index contributed by atoms with van der Waals surface area (Å²) in [6.45, 7) is 1.91. The van der Waals surface area contributed by atoms with E-state index in [9.17, 15) is 4.79 Å². The van der Waals surface area contributed by atoms with Crippen LogP contribution < -0.4 is 5.32 Å². The van der Waals surface area contributed by atoms with E-state index in [-0.39, 0.29) is 11.9 Å². The van der Waals surface area contributed by atoms with E-state index in [0.29, 0.717) is 6.42 Å². The summed E-state index contributed by atoms with van der Waals surface area (Å²) in [5, 5.41) is 10.7. The van der Waals surface area contributed by atoms with Crippen molar-refractivity contribution < 1.29 is 4.79 Å². The lowest BCUT2D eigenvalue weighted by Gasteiger charge is -2.38. The SMILES string of the molecule is CN1C(=N)N[C@](C)(c2cnc(Br)s2)CC1=O. The zero-order valence-corrected chi connectivity index (χ0v) is 11.3. The van der Waals surface area contributed by atoms with Crippen LogP contribution in [0.3, 0.4) is 0 Å². The lowest BCUT2D eigenvalue weighted by molar-refractivity contribution is -0.129. The first-order valence-electron chi connectivity index (χ1n) is 4.67. The Morgan fingerprint density at radius 3 is 2.94 bits per heavy atom. The number of halogens is 1. The Morgan fingerprint density at radius 2 is 2.44 bits per heavy atom. The topological polar surface area (TPSA) is 69.1 Å². The van der Waals surface area contributed by atoms with Crippen molar-refractivity contribution >= 4 is 39.1 Å². The second-order valence-corrected chi connectivity index (χ2v) is 6.22. The van der Waals surface area contributed by atoms with E-state index in [2.05, 4.69) is 26.2 Å². The zero-order chi connectivity index (χ0) is 11.9. The highest BCUT2D eigenvalue weighted by molar-refractivity contribution is 9.11. The van der Waals surface area contributed by atoms with E-state index in [1.54, 1.807) is 13.2 Å². The number of aromatic nitrogens is 1. The largest absolute Gasteiger partial charge is 0.345 e. The van der Waals surface area contributed by atoms with Gasteiger partial charge in [0.05, 0.1) is 16.8 Å². The molecule has 2 N–H and O–H groups in total. The summed E-state index contributed by atoms with van der Waals surface area (Å²) in [5.74, 6) is 0.0686. The third-order valence-corrected chi connectivity index (χ3v) is 4.37. The van der Waals surface area contributed by atoms with Crippen molar-refractivity contribution in [3.8, 4) is 0 Å². The number of hydrogen-bond acceptors (Lipinski definition) is 4. The summed E-state index contributed by atoms with van der Waals surface area (Å²) in [4.78, 5) is 18.1. The minimum atomic E-state index is -0.523. The number of nitrogens with zero attached hydrogens (tertiary/aromatic N) is 2. The molecule has 0 unspecified atom stereocenters. The fraction of sp³-hybridized carbons (Fsp3) is 0.444. The van der Waals surface area contributed by atoms with Gasteiger partial charge < -0.3 is 5.32 Å². The van der Waals surface area contributed by atoms with Gasteiger partial charge in [0, 0.05) is 13.2 Å². The van der Waals surface area contributed by atoms with Crippen molar-refractivity contribution in [2.45, 2.75) is 18.9 Å². The van der Waals surface area contributed by atoms with Crippen LogP contribution in [-0.4, -0.2) is 28.8 Å². The van der Waals surface area contributed by atoms with E-state index < -0.39 is 5.54 Å². The first kappa shape index (κ1) is 11.5. The first-order chi connectivity index (χ1) is 7.42. The number of guanidine groups is 1. The summed E-state index contributed by atoms with van der Waals surface area (Å²) in [6, 6.07) is 0. The van der Waals surface area contributed by atoms with Gasteiger partial charge in [-0.2, -0.15) is 0 Å². The summed E-state index contributed by atoms with van der Waals surface area (Å²) in [5.41, 5.74) is -0.523. The molecular weight excluding hydrogens is 292 g/mol. The molecule has 0 bridgehead atoms. The average molecular weight is 303 g/mol. The first-order valence-corrected chi connectivity index (χ1v) is 6.28. The number of hydrogen-bond donors (Lipinski definition) is 2. The molecule has 2 heterocycles. The standard InChI is InChI=1S/C9H11BrN4OS/c1-9(5-4-12-7(10)16-5)3-6(15)14(2)8(11)13-9/h4H,3H2,1-2H3,(H2,11,13)/t9-/m0/s1. The highest BCUT2D eigenvalue weighted by Gasteiger charge is 2.39. The lowest BCUT2D eigenvalue weighted by Crippen LogP contribution is -2.57. The van der Waals surface area contributed by atoms with Crippen molar-refractivity contribution in [1.82, 2.24) is 15.2 Å². The maximum atomic E-state index is 11.7. The molecule has 0 aromatic carbocycles. The van der Waals surface area contributed by atoms with Crippen LogP contribution in [-0.2, 0) is 10.3 Å². The molecule has 1 aromatic heterocycles. The molecule has 1 aliphatic heterocycles. The summed E-state index contributed by atoms with van der Waals surface area (Å²) >= 11 is 4.77. The fourth-order valence-corrected chi connectivity index (χ4v) is 2.96. The molecule has 0 radical (unpaired) electrons. The van der Waals surface area contributed by atoms with Crippen LogP contribution in [0.25, 0.3) is 0 Å². The van der Waals surface area contributed by atoms with E-state index in [1.807, 2.05) is 6.92 Å². The molecule has 1 amide bonds. The molecule has 1 saturated heterocycles. The van der Waals surface area contributed by atoms with Crippen molar-refractivity contribution in [2.24, 2.45) is 0 Å². The van der Waals surface area contributed by atoms with Gasteiger partial charge in [0.15, 0.2) is 9.88 Å². The quantitative estimate of drug-likeness (QED) is 0.826. The second-order valence-electron chi connectivity index (χ2n) is 3.91. The van der Waals surface area contributed by atoms with Gasteiger partial charge in [-0.05, 0) is 22.9 Å². The Hall–Kier alpha value is -0.950. The third kappa shape index (κ3) is 1.84. The Bertz CT molecular complexity index is 440. The molecule has 1 aromatic rings. The molecule has 5 nitrogen and oxygen atoms in total. The van der Waals surface area contributed by atoms with Gasteiger partial charge in [-0.1, -0.05) is 0 Å². The van der Waals surface area contributed by atoms with Gasteiger partial charge in [0.25, 0.3) is 0 Å². The van der Waals surface area contributed by atoms with E-state index in [0.717, 1.165) is 8.79 Å². The van der Waals surface area contributed by atoms with E-state index in [1.165, 1.54) is 16.2 Å². The molecule has 1 atom stereocenters. The molecule has 1 aliphatic rings. The van der Waals surface area contributed by atoms with Crippen LogP contribution >= 0.6 is 27.3 Å². The molecule has 7 heteroatoms. The second kappa shape index (κ2) is 3.81. The number of carbonyl (C=O) groups excluding carboxylic acids is 1. The maximum Gasteiger partial charge on any atom is 0.231 e. The molecule has 1 fully saturated rings. The predicted octanol–water partition coefficient (Wildman–Crippen LogP) is 1.51. The Balaban J connectivity index is 2.33. The molecule has 86 valence electrons. The summed E-state index contributed by atoms with van der Waals surface area (Å²) < 4.78 is 0.781. The summed E-state index contributed by atoms with van der Waals surface area (Å²) in [7, 11) is 1.60.